The number of carbonyl (C=O) groups is 1. The number of piperazine rings is 1. The first kappa shape index (κ1) is 21.0. The summed E-state index contributed by atoms with van der Waals surface area (Å²) in [7, 11) is 0. The van der Waals surface area contributed by atoms with Crippen molar-refractivity contribution in [3.05, 3.63) is 53.9 Å². The smallest absolute Gasteiger partial charge is 0.259 e. The molecule has 1 atom stereocenters. The molecule has 0 unspecified atom stereocenters. The Kier molecular flexibility index (Phi) is 6.34. The Labute approximate surface area is 174 Å². The Bertz CT molecular complexity index is 1020. The molecular formula is C20H24ClFN6O. The number of hydrogen-bond donors (Lipinski definition) is 2. The number of aryl methyl sites for hydroxylation is 1. The van der Waals surface area contributed by atoms with Gasteiger partial charge in [-0.25, -0.2) is 14.4 Å². The third kappa shape index (κ3) is 4.49. The van der Waals surface area contributed by atoms with E-state index in [1.165, 1.54) is 12.1 Å². The summed E-state index contributed by atoms with van der Waals surface area (Å²) in [5, 5.41) is 6.09. The molecule has 1 fully saturated rings. The molecule has 3 aromatic rings. The standard InChI is InChI=1S/C20H23FN6O.ClH/c1-3-14-11-26(7-6-22-14)15-4-5-16(17(21)8-15)20(28)25-18-12-27-10-13(2)24-19(27)9-23-18;/h4-5,8-10,12,14,22H,3,6-7,11H2,1-2H3,(H,25,28);1H/t14-;/m1./s1. The van der Waals surface area contributed by atoms with E-state index in [1.54, 1.807) is 22.9 Å². The number of nitrogens with one attached hydrogen (secondary N) is 2. The predicted octanol–water partition coefficient (Wildman–Crippen LogP) is 3.04. The fourth-order valence-electron chi connectivity index (χ4n) is 3.49. The van der Waals surface area contributed by atoms with Crippen molar-refractivity contribution in [1.29, 1.82) is 0 Å². The molecule has 0 aliphatic carbocycles. The Morgan fingerprint density at radius 1 is 1.38 bits per heavy atom. The summed E-state index contributed by atoms with van der Waals surface area (Å²) < 4.78 is 16.4. The average Bonchev–Trinajstić information content (AvgIpc) is 3.07. The van der Waals surface area contributed by atoms with Crippen molar-refractivity contribution in [2.75, 3.05) is 29.9 Å². The maximum Gasteiger partial charge on any atom is 0.259 e. The Morgan fingerprint density at radius 2 is 2.21 bits per heavy atom. The van der Waals surface area contributed by atoms with Gasteiger partial charge in [0.1, 0.15) is 11.6 Å². The number of anilines is 2. The normalized spacial score (nSPS) is 16.5. The molecule has 1 aromatic carbocycles. The summed E-state index contributed by atoms with van der Waals surface area (Å²) in [6.07, 6.45) is 6.08. The molecule has 154 valence electrons. The summed E-state index contributed by atoms with van der Waals surface area (Å²) >= 11 is 0. The van der Waals surface area contributed by atoms with Crippen molar-refractivity contribution >= 4 is 35.5 Å². The van der Waals surface area contributed by atoms with Crippen molar-refractivity contribution in [2.45, 2.75) is 26.3 Å². The molecule has 2 aromatic heterocycles. The fourth-order valence-corrected chi connectivity index (χ4v) is 3.49. The zero-order valence-corrected chi connectivity index (χ0v) is 17.2. The van der Waals surface area contributed by atoms with Gasteiger partial charge in [-0.2, -0.15) is 0 Å². The van der Waals surface area contributed by atoms with E-state index in [1.807, 2.05) is 13.1 Å². The van der Waals surface area contributed by atoms with E-state index in [2.05, 4.69) is 32.4 Å². The van der Waals surface area contributed by atoms with Crippen LogP contribution in [0.2, 0.25) is 0 Å². The quantitative estimate of drug-likeness (QED) is 0.681. The topological polar surface area (TPSA) is 74.6 Å². The van der Waals surface area contributed by atoms with Crippen LogP contribution in [0.3, 0.4) is 0 Å². The molecule has 29 heavy (non-hydrogen) atoms. The molecule has 1 aliphatic heterocycles. The number of rotatable bonds is 4. The van der Waals surface area contributed by atoms with Crippen molar-refractivity contribution in [3.8, 4) is 0 Å². The second-order valence-corrected chi connectivity index (χ2v) is 7.04. The number of fused-ring (bicyclic) bond motifs is 1. The minimum atomic E-state index is -0.541. The van der Waals surface area contributed by atoms with E-state index in [0.29, 0.717) is 17.5 Å². The highest BCUT2D eigenvalue weighted by Crippen LogP contribution is 2.21. The van der Waals surface area contributed by atoms with Crippen LogP contribution in [0.5, 0.6) is 0 Å². The molecule has 0 bridgehead atoms. The highest BCUT2D eigenvalue weighted by atomic mass is 35.5. The number of halogens is 2. The first-order chi connectivity index (χ1) is 13.5. The molecule has 1 saturated heterocycles. The van der Waals surface area contributed by atoms with Crippen LogP contribution >= 0.6 is 12.4 Å². The van der Waals surface area contributed by atoms with Crippen LogP contribution in [0.15, 0.2) is 36.8 Å². The maximum absolute atomic E-state index is 14.7. The van der Waals surface area contributed by atoms with Gasteiger partial charge >= 0.3 is 0 Å². The van der Waals surface area contributed by atoms with Gasteiger partial charge in [0.15, 0.2) is 5.65 Å². The average molecular weight is 419 g/mol. The van der Waals surface area contributed by atoms with Crippen LogP contribution in [0.25, 0.3) is 5.65 Å². The number of imidazole rings is 1. The van der Waals surface area contributed by atoms with Gasteiger partial charge in [-0.05, 0) is 31.5 Å². The first-order valence-electron chi connectivity index (χ1n) is 9.44. The molecule has 0 spiro atoms. The number of nitrogens with zero attached hydrogens (tertiary/aromatic N) is 4. The molecular weight excluding hydrogens is 395 g/mol. The van der Waals surface area contributed by atoms with E-state index >= 15 is 0 Å². The molecule has 4 rings (SSSR count). The van der Waals surface area contributed by atoms with Gasteiger partial charge < -0.3 is 19.9 Å². The molecule has 7 nitrogen and oxygen atoms in total. The van der Waals surface area contributed by atoms with Gasteiger partial charge in [-0.1, -0.05) is 6.92 Å². The van der Waals surface area contributed by atoms with Crippen LogP contribution in [0.1, 0.15) is 29.4 Å². The van der Waals surface area contributed by atoms with Crippen molar-refractivity contribution in [2.24, 2.45) is 0 Å². The SMILES string of the molecule is CC[C@@H]1CN(c2ccc(C(=O)Nc3cn4cc(C)nc4cn3)c(F)c2)CCN1.Cl. The Hall–Kier alpha value is -2.71. The molecule has 3 heterocycles. The van der Waals surface area contributed by atoms with Crippen molar-refractivity contribution in [1.82, 2.24) is 19.7 Å². The zero-order valence-electron chi connectivity index (χ0n) is 16.4. The highest BCUT2D eigenvalue weighted by molar-refractivity contribution is 6.04. The zero-order chi connectivity index (χ0) is 19.7. The third-order valence-electron chi connectivity index (χ3n) is 5.01. The minimum Gasteiger partial charge on any atom is -0.369 e. The Morgan fingerprint density at radius 3 is 2.97 bits per heavy atom. The van der Waals surface area contributed by atoms with Gasteiger partial charge in [-0.15, -0.1) is 12.4 Å². The Balaban J connectivity index is 0.00000240. The van der Waals surface area contributed by atoms with Crippen molar-refractivity contribution < 1.29 is 9.18 Å². The van der Waals surface area contributed by atoms with Crippen molar-refractivity contribution in [3.63, 3.8) is 0 Å². The monoisotopic (exact) mass is 418 g/mol. The van der Waals surface area contributed by atoms with Crippen LogP contribution in [-0.2, 0) is 0 Å². The molecule has 0 saturated carbocycles. The molecule has 1 amide bonds. The van der Waals surface area contributed by atoms with E-state index < -0.39 is 11.7 Å². The van der Waals surface area contributed by atoms with Crippen LogP contribution in [0, 0.1) is 12.7 Å². The van der Waals surface area contributed by atoms with E-state index in [0.717, 1.165) is 37.4 Å². The van der Waals surface area contributed by atoms with Crippen LogP contribution < -0.4 is 15.5 Å². The second kappa shape index (κ2) is 8.75. The number of aromatic nitrogens is 3. The summed E-state index contributed by atoms with van der Waals surface area (Å²) in [5.41, 5.74) is 2.33. The number of benzene rings is 1. The third-order valence-corrected chi connectivity index (χ3v) is 5.01. The lowest BCUT2D eigenvalue weighted by molar-refractivity contribution is 0.102. The van der Waals surface area contributed by atoms with Gasteiger partial charge in [0, 0.05) is 37.6 Å². The van der Waals surface area contributed by atoms with Crippen LogP contribution in [0.4, 0.5) is 15.9 Å². The van der Waals surface area contributed by atoms with Crippen LogP contribution in [-0.4, -0.2) is 46.0 Å². The summed E-state index contributed by atoms with van der Waals surface area (Å²) in [5.74, 6) is -0.730. The lowest BCUT2D eigenvalue weighted by Crippen LogP contribution is -2.50. The summed E-state index contributed by atoms with van der Waals surface area (Å²) in [6.45, 7) is 6.52. The van der Waals surface area contributed by atoms with Gasteiger partial charge in [0.2, 0.25) is 0 Å². The van der Waals surface area contributed by atoms with Gasteiger partial charge in [0.05, 0.1) is 23.7 Å². The molecule has 9 heteroatoms. The first-order valence-corrected chi connectivity index (χ1v) is 9.44. The molecule has 1 aliphatic rings. The predicted molar refractivity (Wildman–Crippen MR) is 114 cm³/mol. The molecule has 0 radical (unpaired) electrons. The largest absolute Gasteiger partial charge is 0.369 e. The van der Waals surface area contributed by atoms with E-state index in [-0.39, 0.29) is 18.0 Å². The second-order valence-electron chi connectivity index (χ2n) is 7.04. The number of carbonyl (C=O) groups excluding carboxylic acids is 1. The highest BCUT2D eigenvalue weighted by Gasteiger charge is 2.20. The van der Waals surface area contributed by atoms with E-state index in [9.17, 15) is 9.18 Å². The lowest BCUT2D eigenvalue weighted by Gasteiger charge is -2.35. The number of hydrogen-bond acceptors (Lipinski definition) is 5. The fraction of sp³-hybridized carbons (Fsp3) is 0.350. The number of amides is 1. The maximum atomic E-state index is 14.7. The van der Waals surface area contributed by atoms with Gasteiger partial charge in [-0.3, -0.25) is 4.79 Å². The minimum absolute atomic E-state index is 0. The molecule has 2 N–H and O–H groups in total. The van der Waals surface area contributed by atoms with E-state index in [4.69, 9.17) is 0 Å². The van der Waals surface area contributed by atoms with Gasteiger partial charge in [0.25, 0.3) is 5.91 Å². The summed E-state index contributed by atoms with van der Waals surface area (Å²) in [4.78, 5) is 23.1. The summed E-state index contributed by atoms with van der Waals surface area (Å²) in [6, 6.07) is 5.16. The lowest BCUT2D eigenvalue weighted by atomic mass is 10.1.